The molecule has 0 heterocycles. The third-order valence-corrected chi connectivity index (χ3v) is 6.07. The van der Waals surface area contributed by atoms with Crippen molar-refractivity contribution in [2.24, 2.45) is 15.9 Å². The number of benzene rings is 3. The van der Waals surface area contributed by atoms with Crippen molar-refractivity contribution in [3.05, 3.63) is 94.5 Å². The molecule has 0 saturated heterocycles. The van der Waals surface area contributed by atoms with Crippen molar-refractivity contribution >= 4 is 40.7 Å². The molecule has 0 unspecified atom stereocenters. The number of halogens is 1. The molecule has 7 nitrogen and oxygen atoms in total. The summed E-state index contributed by atoms with van der Waals surface area (Å²) in [7, 11) is 0. The van der Waals surface area contributed by atoms with Crippen LogP contribution in [0.3, 0.4) is 0 Å². The van der Waals surface area contributed by atoms with E-state index in [9.17, 15) is 4.79 Å². The molecule has 0 radical (unpaired) electrons. The number of nitrogens with zero attached hydrogens (tertiary/aromatic N) is 2. The maximum absolute atomic E-state index is 12.2. The van der Waals surface area contributed by atoms with Gasteiger partial charge in [-0.1, -0.05) is 84.0 Å². The zero-order chi connectivity index (χ0) is 25.6. The highest BCUT2D eigenvalue weighted by Gasteiger charge is 2.12. The van der Waals surface area contributed by atoms with Crippen molar-refractivity contribution in [1.29, 1.82) is 0 Å². The van der Waals surface area contributed by atoms with Crippen LogP contribution < -0.4 is 20.5 Å². The number of thioether (sulfide) groups is 1. The van der Waals surface area contributed by atoms with E-state index in [-0.39, 0.29) is 12.5 Å². The van der Waals surface area contributed by atoms with Gasteiger partial charge in [-0.3, -0.25) is 4.79 Å². The minimum Gasteiger partial charge on any atom is -0.490 e. The Balaban J connectivity index is 1.54. The van der Waals surface area contributed by atoms with Gasteiger partial charge < -0.3 is 20.5 Å². The van der Waals surface area contributed by atoms with Crippen LogP contribution in [0.5, 0.6) is 11.5 Å². The fourth-order valence-electron chi connectivity index (χ4n) is 3.12. The minimum absolute atomic E-state index is 0.155. The lowest BCUT2D eigenvalue weighted by Gasteiger charge is -2.13. The molecular formula is C27H29ClN4O3S. The number of rotatable bonds is 12. The molecule has 0 aliphatic carbocycles. The average Bonchev–Trinajstić information content (AvgIpc) is 2.89. The van der Waals surface area contributed by atoms with Crippen LogP contribution in [0.1, 0.15) is 23.6 Å². The predicted molar refractivity (Wildman–Crippen MR) is 148 cm³/mol. The molecule has 0 aliphatic rings. The number of hydrogen-bond acceptors (Lipinski definition) is 6. The van der Waals surface area contributed by atoms with E-state index in [1.165, 1.54) is 18.0 Å². The number of carbonyl (C=O) groups is 1. The number of nitrogens with one attached hydrogen (secondary N) is 1. The molecule has 0 fully saturated rings. The van der Waals surface area contributed by atoms with Gasteiger partial charge in [0.2, 0.25) is 0 Å². The van der Waals surface area contributed by atoms with Crippen LogP contribution in [-0.4, -0.2) is 37.0 Å². The molecule has 0 atom stereocenters. The molecule has 1 amide bonds. The highest BCUT2D eigenvalue weighted by molar-refractivity contribution is 8.13. The second-order valence-electron chi connectivity index (χ2n) is 7.58. The van der Waals surface area contributed by atoms with Crippen molar-refractivity contribution in [2.45, 2.75) is 19.1 Å². The van der Waals surface area contributed by atoms with Gasteiger partial charge in [0.15, 0.2) is 23.3 Å². The van der Waals surface area contributed by atoms with Crippen LogP contribution in [0.4, 0.5) is 0 Å². The van der Waals surface area contributed by atoms with Crippen molar-refractivity contribution < 1.29 is 14.3 Å². The van der Waals surface area contributed by atoms with E-state index in [1.807, 2.05) is 67.6 Å². The van der Waals surface area contributed by atoms with E-state index in [4.69, 9.17) is 26.8 Å². The SMILES string of the molecule is CCOc1cc(C=NN=C(N)SCc2ccccc2)c(Cl)cc1OCC(=O)NCCc1ccccc1. The Morgan fingerprint density at radius 2 is 1.69 bits per heavy atom. The maximum Gasteiger partial charge on any atom is 0.257 e. The Hall–Kier alpha value is -3.49. The smallest absolute Gasteiger partial charge is 0.257 e. The third kappa shape index (κ3) is 9.28. The monoisotopic (exact) mass is 524 g/mol. The molecule has 0 spiro atoms. The zero-order valence-electron chi connectivity index (χ0n) is 20.0. The Labute approximate surface area is 220 Å². The lowest BCUT2D eigenvalue weighted by atomic mass is 10.1. The number of carbonyl (C=O) groups excluding carboxylic acids is 1. The number of ether oxygens (including phenoxy) is 2. The molecule has 0 aromatic heterocycles. The molecule has 36 heavy (non-hydrogen) atoms. The van der Waals surface area contributed by atoms with E-state index in [1.54, 1.807) is 12.1 Å². The standard InChI is InChI=1S/C27H29ClN4O3S/c1-2-34-24-15-22(17-31-32-27(29)36-19-21-11-7-4-8-12-21)23(28)16-25(24)35-18-26(33)30-14-13-20-9-5-3-6-10-20/h3-12,15-17H,2,13-14,18-19H2,1H3,(H2,29,32)(H,30,33). The van der Waals surface area contributed by atoms with Gasteiger partial charge in [-0.2, -0.15) is 5.10 Å². The number of amides is 1. The van der Waals surface area contributed by atoms with Crippen LogP contribution in [-0.2, 0) is 17.0 Å². The topological polar surface area (TPSA) is 98.3 Å². The molecule has 0 saturated carbocycles. The fraction of sp³-hybridized carbons (Fsp3) is 0.222. The van der Waals surface area contributed by atoms with Crippen molar-refractivity contribution in [3.8, 4) is 11.5 Å². The van der Waals surface area contributed by atoms with Crippen molar-refractivity contribution in [1.82, 2.24) is 5.32 Å². The second kappa shape index (κ2) is 14.8. The van der Waals surface area contributed by atoms with Crippen LogP contribution in [0.2, 0.25) is 5.02 Å². The summed E-state index contributed by atoms with van der Waals surface area (Å²) in [6.45, 7) is 2.64. The van der Waals surface area contributed by atoms with Gasteiger partial charge in [0, 0.05) is 23.9 Å². The van der Waals surface area contributed by atoms with Gasteiger partial charge in [0.05, 0.1) is 17.8 Å². The van der Waals surface area contributed by atoms with Crippen molar-refractivity contribution in [2.75, 3.05) is 19.8 Å². The van der Waals surface area contributed by atoms with Crippen LogP contribution >= 0.6 is 23.4 Å². The van der Waals surface area contributed by atoms with E-state index < -0.39 is 0 Å². The molecular weight excluding hydrogens is 496 g/mol. The van der Waals surface area contributed by atoms with Crippen molar-refractivity contribution in [3.63, 3.8) is 0 Å². The van der Waals surface area contributed by atoms with E-state index >= 15 is 0 Å². The normalized spacial score (nSPS) is 11.4. The van der Waals surface area contributed by atoms with Gasteiger partial charge in [-0.15, -0.1) is 5.10 Å². The average molecular weight is 525 g/mol. The Kier molecular flexibility index (Phi) is 11.1. The second-order valence-corrected chi connectivity index (χ2v) is 8.99. The molecule has 0 bridgehead atoms. The van der Waals surface area contributed by atoms with Crippen LogP contribution in [0, 0.1) is 0 Å². The number of hydrogen-bond donors (Lipinski definition) is 2. The molecule has 3 rings (SSSR count). The van der Waals surface area contributed by atoms with Gasteiger partial charge in [-0.25, -0.2) is 0 Å². The Morgan fingerprint density at radius 3 is 2.39 bits per heavy atom. The molecule has 3 aromatic carbocycles. The Bertz CT molecular complexity index is 1170. The summed E-state index contributed by atoms with van der Waals surface area (Å²) in [6, 6.07) is 23.2. The molecule has 188 valence electrons. The largest absolute Gasteiger partial charge is 0.490 e. The molecule has 3 N–H and O–H groups in total. The lowest BCUT2D eigenvalue weighted by molar-refractivity contribution is -0.123. The first-order chi connectivity index (χ1) is 17.5. The quantitative estimate of drug-likeness (QED) is 0.196. The minimum atomic E-state index is -0.229. The fourth-order valence-corrected chi connectivity index (χ4v) is 3.94. The van der Waals surface area contributed by atoms with E-state index in [0.29, 0.717) is 46.2 Å². The highest BCUT2D eigenvalue weighted by Crippen LogP contribution is 2.33. The molecule has 9 heteroatoms. The summed E-state index contributed by atoms with van der Waals surface area (Å²) in [5.74, 6) is 1.30. The first-order valence-electron chi connectivity index (χ1n) is 11.5. The zero-order valence-corrected chi connectivity index (χ0v) is 21.6. The lowest BCUT2D eigenvalue weighted by Crippen LogP contribution is -2.30. The summed E-state index contributed by atoms with van der Waals surface area (Å²) >= 11 is 7.81. The maximum atomic E-state index is 12.2. The van der Waals surface area contributed by atoms with Gasteiger partial charge in [-0.05, 0) is 30.5 Å². The summed E-state index contributed by atoms with van der Waals surface area (Å²) in [4.78, 5) is 12.2. The molecule has 3 aromatic rings. The highest BCUT2D eigenvalue weighted by atomic mass is 35.5. The number of nitrogens with two attached hydrogens (primary N) is 1. The van der Waals surface area contributed by atoms with Gasteiger partial charge in [0.1, 0.15) is 0 Å². The van der Waals surface area contributed by atoms with Gasteiger partial charge in [0.25, 0.3) is 5.91 Å². The predicted octanol–water partition coefficient (Wildman–Crippen LogP) is 5.06. The van der Waals surface area contributed by atoms with Crippen LogP contribution in [0.15, 0.2) is 83.0 Å². The summed E-state index contributed by atoms with van der Waals surface area (Å²) in [5.41, 5.74) is 8.83. The number of amidine groups is 1. The van der Waals surface area contributed by atoms with E-state index in [0.717, 1.165) is 17.5 Å². The van der Waals surface area contributed by atoms with E-state index in [2.05, 4.69) is 15.5 Å². The third-order valence-electron chi connectivity index (χ3n) is 4.88. The van der Waals surface area contributed by atoms with Crippen LogP contribution in [0.25, 0.3) is 0 Å². The Morgan fingerprint density at radius 1 is 1.03 bits per heavy atom. The first-order valence-corrected chi connectivity index (χ1v) is 12.8. The summed E-state index contributed by atoms with van der Waals surface area (Å²) < 4.78 is 11.4. The summed E-state index contributed by atoms with van der Waals surface area (Å²) in [6.07, 6.45) is 2.25. The van der Waals surface area contributed by atoms with Gasteiger partial charge >= 0.3 is 0 Å². The molecule has 0 aliphatic heterocycles. The summed E-state index contributed by atoms with van der Waals surface area (Å²) in [5, 5.41) is 11.7. The first kappa shape index (κ1) is 27.1.